The number of rotatable bonds is 6. The fourth-order valence-corrected chi connectivity index (χ4v) is 5.43. The van der Waals surface area contributed by atoms with E-state index < -0.39 is 18.5 Å². The van der Waals surface area contributed by atoms with Gasteiger partial charge in [-0.3, -0.25) is 9.78 Å². The topological polar surface area (TPSA) is 85.2 Å². The fourth-order valence-electron chi connectivity index (χ4n) is 5.43. The van der Waals surface area contributed by atoms with Gasteiger partial charge in [-0.05, 0) is 49.8 Å². The zero-order chi connectivity index (χ0) is 26.4. The number of aromatic nitrogens is 2. The Morgan fingerprint density at radius 2 is 1.89 bits per heavy atom. The lowest BCUT2D eigenvalue weighted by molar-refractivity contribution is -0.163. The number of piperazine rings is 1. The van der Waals surface area contributed by atoms with Gasteiger partial charge in [0.05, 0.1) is 28.5 Å². The van der Waals surface area contributed by atoms with Crippen LogP contribution in [0.2, 0.25) is 0 Å². The van der Waals surface area contributed by atoms with Crippen LogP contribution in [-0.2, 0) is 4.79 Å². The van der Waals surface area contributed by atoms with Gasteiger partial charge in [0.1, 0.15) is 18.3 Å². The summed E-state index contributed by atoms with van der Waals surface area (Å²) in [6.45, 7) is 0.895. The molecule has 1 amide bonds. The summed E-state index contributed by atoms with van der Waals surface area (Å²) < 4.78 is 38.8. The number of pyridine rings is 2. The van der Waals surface area contributed by atoms with Crippen LogP contribution >= 0.6 is 0 Å². The van der Waals surface area contributed by atoms with Crippen molar-refractivity contribution in [3.8, 4) is 6.07 Å². The predicted octanol–water partition coefficient (Wildman–Crippen LogP) is 5.50. The Morgan fingerprint density at radius 1 is 1.11 bits per heavy atom. The second-order valence-corrected chi connectivity index (χ2v) is 10.4. The van der Waals surface area contributed by atoms with Crippen molar-refractivity contribution in [1.82, 2.24) is 14.9 Å². The number of hydrogen-bond donors (Lipinski definition) is 1. The van der Waals surface area contributed by atoms with Crippen molar-refractivity contribution >= 4 is 34.0 Å². The van der Waals surface area contributed by atoms with E-state index in [9.17, 15) is 23.2 Å². The van der Waals surface area contributed by atoms with Crippen molar-refractivity contribution in [2.45, 2.75) is 50.2 Å². The van der Waals surface area contributed by atoms with E-state index in [1.807, 2.05) is 41.3 Å². The molecule has 1 aromatic carbocycles. The van der Waals surface area contributed by atoms with Gasteiger partial charge in [0.15, 0.2) is 0 Å². The average Bonchev–Trinajstić information content (AvgIpc) is 3.81. The van der Waals surface area contributed by atoms with E-state index in [-0.39, 0.29) is 24.4 Å². The number of halogens is 3. The summed E-state index contributed by atoms with van der Waals surface area (Å²) in [6, 6.07) is 13.5. The van der Waals surface area contributed by atoms with Crippen molar-refractivity contribution < 1.29 is 18.0 Å². The van der Waals surface area contributed by atoms with Crippen LogP contribution in [0.25, 0.3) is 10.9 Å². The van der Waals surface area contributed by atoms with Crippen LogP contribution < -0.4 is 10.2 Å². The minimum Gasteiger partial charge on any atom is -0.353 e. The van der Waals surface area contributed by atoms with Crippen LogP contribution in [-0.4, -0.2) is 52.6 Å². The third-order valence-corrected chi connectivity index (χ3v) is 7.59. The predicted molar refractivity (Wildman–Crippen MR) is 137 cm³/mol. The molecule has 3 fully saturated rings. The van der Waals surface area contributed by atoms with E-state index in [0.717, 1.165) is 53.7 Å². The second kappa shape index (κ2) is 9.46. The summed E-state index contributed by atoms with van der Waals surface area (Å²) in [5.74, 6) is 0.147. The lowest BCUT2D eigenvalue weighted by Gasteiger charge is -2.42. The summed E-state index contributed by atoms with van der Waals surface area (Å²) in [4.78, 5) is 25.3. The van der Waals surface area contributed by atoms with E-state index >= 15 is 0 Å². The summed E-state index contributed by atoms with van der Waals surface area (Å²) >= 11 is 0. The van der Waals surface area contributed by atoms with Gasteiger partial charge in [-0.1, -0.05) is 18.2 Å². The lowest BCUT2D eigenvalue weighted by Crippen LogP contribution is -2.57. The van der Waals surface area contributed by atoms with Crippen molar-refractivity contribution in [2.75, 3.05) is 29.9 Å². The number of alkyl halides is 3. The first-order valence-corrected chi connectivity index (χ1v) is 13.0. The third kappa shape index (κ3) is 4.97. The fraction of sp³-hybridized carbons (Fsp3) is 0.429. The molecule has 1 N–H and O–H groups in total. The number of fused-ring (bicyclic) bond motifs is 1. The Bertz CT molecular complexity index is 1420. The van der Waals surface area contributed by atoms with Gasteiger partial charge >= 0.3 is 6.18 Å². The number of carbonyl (C=O) groups excluding carboxylic acids is 1. The summed E-state index contributed by atoms with van der Waals surface area (Å²) in [6.07, 6.45) is -0.422. The first kappa shape index (κ1) is 24.5. The second-order valence-electron chi connectivity index (χ2n) is 10.4. The average molecular weight is 521 g/mol. The van der Waals surface area contributed by atoms with E-state index in [2.05, 4.69) is 16.4 Å². The maximum absolute atomic E-state index is 12.9. The standard InChI is InChI=1S/C28H27F3N6O/c29-28(30,31)14-25(38)37-12-11-36(16-24(37)17-5-6-17)27-19(15-32)13-23(26(35-27)18-7-8-18)34-22-9-10-33-21-4-2-1-3-20(21)22/h1-4,9-10,13,17-18,24H,5-8,11-12,14,16H2,(H,33,34)/t24-/m0/s1. The molecule has 10 heteroatoms. The van der Waals surface area contributed by atoms with Crippen LogP contribution in [0, 0.1) is 17.2 Å². The SMILES string of the molecule is N#Cc1cc(Nc2ccnc3ccccc23)c(C2CC2)nc1N1CCN(C(=O)CC(F)(F)F)[C@H](C2CC2)C1. The van der Waals surface area contributed by atoms with Crippen LogP contribution in [0.15, 0.2) is 42.6 Å². The molecular formula is C28H27F3N6O. The van der Waals surface area contributed by atoms with Gasteiger partial charge in [-0.2, -0.15) is 18.4 Å². The van der Waals surface area contributed by atoms with Crippen molar-refractivity contribution in [3.63, 3.8) is 0 Å². The van der Waals surface area contributed by atoms with Crippen LogP contribution in [0.3, 0.4) is 0 Å². The maximum Gasteiger partial charge on any atom is 0.397 e. The van der Waals surface area contributed by atoms with E-state index in [1.54, 1.807) is 6.20 Å². The zero-order valence-corrected chi connectivity index (χ0v) is 20.7. The zero-order valence-electron chi connectivity index (χ0n) is 20.7. The van der Waals surface area contributed by atoms with Gasteiger partial charge in [0, 0.05) is 42.8 Å². The summed E-state index contributed by atoms with van der Waals surface area (Å²) in [5.41, 5.74) is 3.81. The van der Waals surface area contributed by atoms with Gasteiger partial charge in [-0.15, -0.1) is 0 Å². The molecule has 0 spiro atoms. The Labute approximate surface area is 218 Å². The molecule has 3 aromatic rings. The molecule has 2 aliphatic carbocycles. The first-order chi connectivity index (χ1) is 18.3. The monoisotopic (exact) mass is 520 g/mol. The third-order valence-electron chi connectivity index (χ3n) is 7.59. The minimum atomic E-state index is -4.53. The number of hydrogen-bond acceptors (Lipinski definition) is 6. The molecule has 1 aliphatic heterocycles. The molecule has 3 heterocycles. The van der Waals surface area contributed by atoms with Gasteiger partial charge in [-0.25, -0.2) is 4.98 Å². The number of anilines is 3. The van der Waals surface area contributed by atoms with Crippen molar-refractivity contribution in [3.05, 3.63) is 53.9 Å². The van der Waals surface area contributed by atoms with Crippen molar-refractivity contribution in [2.24, 2.45) is 5.92 Å². The summed E-state index contributed by atoms with van der Waals surface area (Å²) in [7, 11) is 0. The Balaban J connectivity index is 1.31. The molecule has 38 heavy (non-hydrogen) atoms. The highest BCUT2D eigenvalue weighted by Gasteiger charge is 2.44. The Hall–Kier alpha value is -3.87. The molecule has 2 saturated carbocycles. The highest BCUT2D eigenvalue weighted by atomic mass is 19.4. The largest absolute Gasteiger partial charge is 0.397 e. The Kier molecular flexibility index (Phi) is 6.09. The number of nitriles is 1. The molecule has 196 valence electrons. The highest BCUT2D eigenvalue weighted by molar-refractivity contribution is 5.93. The molecule has 1 atom stereocenters. The Morgan fingerprint density at radius 3 is 2.61 bits per heavy atom. The molecule has 0 bridgehead atoms. The van der Waals surface area contributed by atoms with Gasteiger partial charge < -0.3 is 15.1 Å². The molecule has 2 aromatic heterocycles. The quantitative estimate of drug-likeness (QED) is 0.462. The van der Waals surface area contributed by atoms with Gasteiger partial charge in [0.2, 0.25) is 5.91 Å². The maximum atomic E-state index is 12.9. The highest BCUT2D eigenvalue weighted by Crippen LogP contribution is 2.45. The summed E-state index contributed by atoms with van der Waals surface area (Å²) in [5, 5.41) is 14.5. The minimum absolute atomic E-state index is 0.185. The van der Waals surface area contributed by atoms with E-state index in [4.69, 9.17) is 4.98 Å². The van der Waals surface area contributed by atoms with E-state index in [0.29, 0.717) is 24.5 Å². The number of nitrogens with one attached hydrogen (secondary N) is 1. The smallest absolute Gasteiger partial charge is 0.353 e. The molecule has 0 unspecified atom stereocenters. The lowest BCUT2D eigenvalue weighted by atomic mass is 10.0. The molecule has 1 saturated heterocycles. The number of benzene rings is 1. The molecule has 0 radical (unpaired) electrons. The van der Waals surface area contributed by atoms with Gasteiger partial charge in [0.25, 0.3) is 0 Å². The normalized spacial score (nSPS) is 19.9. The van der Waals surface area contributed by atoms with Crippen molar-refractivity contribution in [1.29, 1.82) is 5.26 Å². The number of para-hydroxylation sites is 1. The molecule has 7 nitrogen and oxygen atoms in total. The number of amides is 1. The van der Waals surface area contributed by atoms with Crippen LogP contribution in [0.4, 0.5) is 30.4 Å². The van der Waals surface area contributed by atoms with Crippen LogP contribution in [0.5, 0.6) is 0 Å². The van der Waals surface area contributed by atoms with E-state index in [1.165, 1.54) is 4.90 Å². The molecule has 3 aliphatic rings. The molecule has 6 rings (SSSR count). The van der Waals surface area contributed by atoms with Crippen LogP contribution in [0.1, 0.15) is 49.3 Å². The molecular weight excluding hydrogens is 493 g/mol. The number of carbonyl (C=O) groups is 1. The first-order valence-electron chi connectivity index (χ1n) is 13.0. The number of nitrogens with zero attached hydrogens (tertiary/aromatic N) is 5.